The minimum atomic E-state index is -0.298. The van der Waals surface area contributed by atoms with Gasteiger partial charge in [-0.2, -0.15) is 10.4 Å². The fourth-order valence-electron chi connectivity index (χ4n) is 3.86. The number of amides is 2. The molecule has 2 heterocycles. The average Bonchev–Trinajstić information content (AvgIpc) is 3.20. The predicted molar refractivity (Wildman–Crippen MR) is 119 cm³/mol. The number of hydrogen-bond acceptors (Lipinski definition) is 5. The maximum absolute atomic E-state index is 12.3. The minimum absolute atomic E-state index is 0.168. The molecule has 160 valence electrons. The molecule has 8 heteroatoms. The number of benzene rings is 2. The molecule has 32 heavy (non-hydrogen) atoms. The van der Waals surface area contributed by atoms with Gasteiger partial charge in [0.1, 0.15) is 11.6 Å². The van der Waals surface area contributed by atoms with Crippen LogP contribution in [0, 0.1) is 25.2 Å². The molecule has 2 amide bonds. The first kappa shape index (κ1) is 21.0. The van der Waals surface area contributed by atoms with Crippen LogP contribution in [0.1, 0.15) is 34.5 Å². The zero-order valence-corrected chi connectivity index (χ0v) is 17.8. The maximum Gasteiger partial charge on any atom is 0.242 e. The van der Waals surface area contributed by atoms with Crippen LogP contribution in [0.2, 0.25) is 0 Å². The Hall–Kier alpha value is -4.25. The summed E-state index contributed by atoms with van der Waals surface area (Å²) in [7, 11) is 0. The van der Waals surface area contributed by atoms with Crippen LogP contribution in [0.15, 0.2) is 48.7 Å². The van der Waals surface area contributed by atoms with Crippen molar-refractivity contribution >= 4 is 28.2 Å². The monoisotopic (exact) mass is 426 g/mol. The van der Waals surface area contributed by atoms with Crippen molar-refractivity contribution in [3.05, 3.63) is 76.7 Å². The van der Waals surface area contributed by atoms with Crippen LogP contribution in [-0.4, -0.2) is 26.4 Å². The molecule has 0 aliphatic rings. The van der Waals surface area contributed by atoms with Gasteiger partial charge in [0.25, 0.3) is 0 Å². The Morgan fingerprint density at radius 2 is 1.81 bits per heavy atom. The van der Waals surface area contributed by atoms with E-state index in [1.54, 1.807) is 4.52 Å². The summed E-state index contributed by atoms with van der Waals surface area (Å²) >= 11 is 0. The van der Waals surface area contributed by atoms with Crippen molar-refractivity contribution in [2.75, 3.05) is 0 Å². The lowest BCUT2D eigenvalue weighted by Gasteiger charge is -2.12. The van der Waals surface area contributed by atoms with Crippen LogP contribution in [-0.2, 0) is 22.4 Å². The van der Waals surface area contributed by atoms with Crippen LogP contribution >= 0.6 is 0 Å². The van der Waals surface area contributed by atoms with Crippen LogP contribution in [0.25, 0.3) is 16.4 Å². The smallest absolute Gasteiger partial charge is 0.242 e. The molecule has 0 aliphatic heterocycles. The second-order valence-corrected chi connectivity index (χ2v) is 7.58. The zero-order valence-electron chi connectivity index (χ0n) is 17.8. The average molecular weight is 426 g/mol. The Bertz CT molecular complexity index is 1380. The number of carbonyl (C=O) groups excluding carboxylic acids is 2. The largest absolute Gasteiger partial charge is 0.273 e. The number of hydrazine groups is 1. The van der Waals surface area contributed by atoms with Crippen LogP contribution in [0.4, 0.5) is 0 Å². The Morgan fingerprint density at radius 3 is 2.62 bits per heavy atom. The van der Waals surface area contributed by atoms with Gasteiger partial charge in [0.2, 0.25) is 11.8 Å². The number of aromatic nitrogens is 3. The lowest BCUT2D eigenvalue weighted by atomic mass is 10.0. The molecule has 0 spiro atoms. The summed E-state index contributed by atoms with van der Waals surface area (Å²) in [6.45, 7) is 3.73. The van der Waals surface area contributed by atoms with E-state index < -0.39 is 0 Å². The van der Waals surface area contributed by atoms with E-state index in [4.69, 9.17) is 0 Å². The van der Waals surface area contributed by atoms with Crippen molar-refractivity contribution in [3.8, 4) is 6.07 Å². The minimum Gasteiger partial charge on any atom is -0.273 e. The second kappa shape index (κ2) is 8.86. The number of nitriles is 1. The van der Waals surface area contributed by atoms with Crippen LogP contribution < -0.4 is 10.9 Å². The van der Waals surface area contributed by atoms with Gasteiger partial charge in [-0.05, 0) is 42.2 Å². The molecule has 0 bridgehead atoms. The van der Waals surface area contributed by atoms with Crippen molar-refractivity contribution in [1.82, 2.24) is 25.4 Å². The number of rotatable bonds is 5. The van der Waals surface area contributed by atoms with Gasteiger partial charge >= 0.3 is 0 Å². The topological polar surface area (TPSA) is 112 Å². The van der Waals surface area contributed by atoms with E-state index in [0.29, 0.717) is 17.6 Å². The summed E-state index contributed by atoms with van der Waals surface area (Å²) in [4.78, 5) is 29.1. The number of carbonyl (C=O) groups is 2. The summed E-state index contributed by atoms with van der Waals surface area (Å²) in [5.41, 5.74) is 9.28. The molecule has 2 N–H and O–H groups in total. The Kier molecular flexibility index (Phi) is 5.81. The van der Waals surface area contributed by atoms with E-state index in [-0.39, 0.29) is 24.7 Å². The third kappa shape index (κ3) is 4.14. The van der Waals surface area contributed by atoms with E-state index in [2.05, 4.69) is 27.0 Å². The second-order valence-electron chi connectivity index (χ2n) is 7.58. The predicted octanol–water partition coefficient (Wildman–Crippen LogP) is 2.69. The maximum atomic E-state index is 12.3. The molecule has 0 saturated carbocycles. The highest BCUT2D eigenvalue weighted by molar-refractivity contribution is 5.90. The first-order valence-electron chi connectivity index (χ1n) is 10.3. The molecule has 4 rings (SSSR count). The van der Waals surface area contributed by atoms with Gasteiger partial charge in [0.15, 0.2) is 5.65 Å². The van der Waals surface area contributed by atoms with Crippen molar-refractivity contribution in [1.29, 1.82) is 5.26 Å². The highest BCUT2D eigenvalue weighted by Gasteiger charge is 2.15. The number of nitrogens with zero attached hydrogens (tertiary/aromatic N) is 4. The Balaban J connectivity index is 1.35. The number of aryl methyl sites for hydroxylation is 2. The van der Waals surface area contributed by atoms with Crippen LogP contribution in [0.3, 0.4) is 0 Å². The van der Waals surface area contributed by atoms with Gasteiger partial charge in [-0.1, -0.05) is 42.5 Å². The molecule has 0 saturated heterocycles. The lowest BCUT2D eigenvalue weighted by Crippen LogP contribution is -2.42. The molecule has 2 aromatic carbocycles. The van der Waals surface area contributed by atoms with Gasteiger partial charge in [-0.15, -0.1) is 0 Å². The quantitative estimate of drug-likeness (QED) is 0.477. The SMILES string of the molecule is Cc1nc2c(C#N)cnn2c(C)c1CCC(=O)NNC(=O)Cc1cccc2ccccc12. The number of hydrogen-bond donors (Lipinski definition) is 2. The molecule has 0 radical (unpaired) electrons. The van der Waals surface area contributed by atoms with E-state index in [0.717, 1.165) is 33.3 Å². The first-order valence-corrected chi connectivity index (χ1v) is 10.3. The summed E-state index contributed by atoms with van der Waals surface area (Å²) in [6.07, 6.45) is 2.26. The van der Waals surface area contributed by atoms with Crippen molar-refractivity contribution < 1.29 is 9.59 Å². The molecule has 2 aromatic heterocycles. The van der Waals surface area contributed by atoms with Crippen molar-refractivity contribution in [2.45, 2.75) is 33.1 Å². The van der Waals surface area contributed by atoms with E-state index in [1.165, 1.54) is 6.20 Å². The van der Waals surface area contributed by atoms with Crippen LogP contribution in [0.5, 0.6) is 0 Å². The van der Waals surface area contributed by atoms with Gasteiger partial charge in [-0.3, -0.25) is 20.4 Å². The fraction of sp³-hybridized carbons (Fsp3) is 0.208. The van der Waals surface area contributed by atoms with Gasteiger partial charge < -0.3 is 0 Å². The van der Waals surface area contributed by atoms with Gasteiger partial charge in [-0.25, -0.2) is 9.50 Å². The molecule has 0 fully saturated rings. The standard InChI is InChI=1S/C24H22N6O2/c1-15-20(16(2)30-24(27-15)19(13-25)14-26-30)10-11-22(31)28-29-23(32)12-18-8-5-7-17-6-3-4-9-21(17)18/h3-9,14H,10-12H2,1-2H3,(H,28,31)(H,29,32). The van der Waals surface area contributed by atoms with E-state index in [1.807, 2.05) is 56.3 Å². The fourth-order valence-corrected chi connectivity index (χ4v) is 3.86. The molecular formula is C24H22N6O2. The highest BCUT2D eigenvalue weighted by atomic mass is 16.2. The zero-order chi connectivity index (χ0) is 22.7. The summed E-state index contributed by atoms with van der Waals surface area (Å²) < 4.78 is 1.62. The van der Waals surface area contributed by atoms with Crippen molar-refractivity contribution in [3.63, 3.8) is 0 Å². The summed E-state index contributed by atoms with van der Waals surface area (Å²) in [5.74, 6) is -0.584. The van der Waals surface area contributed by atoms with Gasteiger partial charge in [0.05, 0.1) is 12.6 Å². The van der Waals surface area contributed by atoms with E-state index >= 15 is 0 Å². The molecule has 0 aliphatic carbocycles. The molecule has 4 aromatic rings. The third-order valence-corrected chi connectivity index (χ3v) is 5.50. The Labute approximate surface area is 184 Å². The third-order valence-electron chi connectivity index (χ3n) is 5.50. The van der Waals surface area contributed by atoms with Gasteiger partial charge in [0, 0.05) is 17.8 Å². The molecular weight excluding hydrogens is 404 g/mol. The molecule has 0 unspecified atom stereocenters. The van der Waals surface area contributed by atoms with E-state index in [9.17, 15) is 14.9 Å². The number of nitrogens with one attached hydrogen (secondary N) is 2. The summed E-state index contributed by atoms with van der Waals surface area (Å²) in [5, 5.41) is 15.5. The lowest BCUT2D eigenvalue weighted by molar-refractivity contribution is -0.128. The Morgan fingerprint density at radius 1 is 1.06 bits per heavy atom. The number of fused-ring (bicyclic) bond motifs is 2. The summed E-state index contributed by atoms with van der Waals surface area (Å²) in [6, 6.07) is 15.8. The molecule has 8 nitrogen and oxygen atoms in total. The van der Waals surface area contributed by atoms with Crippen molar-refractivity contribution in [2.24, 2.45) is 0 Å². The first-order chi connectivity index (χ1) is 15.5. The normalized spacial score (nSPS) is 10.8. The highest BCUT2D eigenvalue weighted by Crippen LogP contribution is 2.19. The molecule has 0 atom stereocenters.